The molecule has 1 aromatic rings. The van der Waals surface area contributed by atoms with Gasteiger partial charge in [0, 0.05) is 20.1 Å². The Bertz CT molecular complexity index is 608. The third-order valence-corrected chi connectivity index (χ3v) is 4.49. The summed E-state index contributed by atoms with van der Waals surface area (Å²) in [7, 11) is 3.23. The van der Waals surface area contributed by atoms with Gasteiger partial charge in [-0.1, -0.05) is 43.4 Å². The molecule has 0 heterocycles. The Morgan fingerprint density at radius 1 is 1.25 bits per heavy atom. The summed E-state index contributed by atoms with van der Waals surface area (Å²) < 4.78 is 21.7. The third kappa shape index (κ3) is 9.83. The largest absolute Gasteiger partial charge is 0.497 e. The van der Waals surface area contributed by atoms with Crippen LogP contribution in [-0.2, 0) is 25.6 Å². The lowest BCUT2D eigenvalue weighted by Crippen LogP contribution is -2.26. The lowest BCUT2D eigenvalue weighted by atomic mass is 9.80. The highest BCUT2D eigenvalue weighted by molar-refractivity contribution is 5.50. The number of aldehydes is 1. The van der Waals surface area contributed by atoms with Crippen LogP contribution in [-0.4, -0.2) is 40.0 Å². The maximum atomic E-state index is 11.0. The fourth-order valence-corrected chi connectivity index (χ4v) is 2.82. The minimum absolute atomic E-state index is 0.173. The highest BCUT2D eigenvalue weighted by atomic mass is 16.7. The van der Waals surface area contributed by atoms with Crippen LogP contribution in [0.1, 0.15) is 38.7 Å². The van der Waals surface area contributed by atoms with E-state index in [9.17, 15) is 4.79 Å². The summed E-state index contributed by atoms with van der Waals surface area (Å²) >= 11 is 0. The standard InChI is InChI=1S/C23H34O5/c1-19(2)10-12-23(3,16-22(11-14-24)28-18-25-4)13-15-27-17-20-6-8-21(26-5)9-7-20/h6-10,12,14,22H,1,11,13,15-18H2,2-5H3/b12-10+/t22-,23-/m1/s1. The Balaban J connectivity index is 2.65. The first-order valence-corrected chi connectivity index (χ1v) is 9.52. The van der Waals surface area contributed by atoms with Gasteiger partial charge in [0.1, 0.15) is 18.8 Å². The van der Waals surface area contributed by atoms with Crippen LogP contribution in [0.25, 0.3) is 0 Å². The molecule has 0 amide bonds. The van der Waals surface area contributed by atoms with Crippen LogP contribution in [0, 0.1) is 5.41 Å². The van der Waals surface area contributed by atoms with E-state index in [1.54, 1.807) is 14.2 Å². The van der Waals surface area contributed by atoms with E-state index in [0.717, 1.165) is 29.6 Å². The van der Waals surface area contributed by atoms with Crippen molar-refractivity contribution < 1.29 is 23.7 Å². The van der Waals surface area contributed by atoms with Gasteiger partial charge in [-0.25, -0.2) is 0 Å². The molecule has 0 aliphatic carbocycles. The zero-order valence-electron chi connectivity index (χ0n) is 17.6. The van der Waals surface area contributed by atoms with Gasteiger partial charge in [0.25, 0.3) is 0 Å². The Labute approximate surface area is 169 Å². The second-order valence-electron chi connectivity index (χ2n) is 7.29. The molecule has 0 unspecified atom stereocenters. The number of hydrogen-bond acceptors (Lipinski definition) is 5. The van der Waals surface area contributed by atoms with Gasteiger partial charge in [0.05, 0.1) is 19.8 Å². The van der Waals surface area contributed by atoms with Gasteiger partial charge in [-0.05, 0) is 42.9 Å². The lowest BCUT2D eigenvalue weighted by Gasteiger charge is -2.30. The number of allylic oxidation sites excluding steroid dienone is 3. The van der Waals surface area contributed by atoms with Gasteiger partial charge >= 0.3 is 0 Å². The normalized spacial score (nSPS) is 14.6. The molecular weight excluding hydrogens is 356 g/mol. The number of ether oxygens (including phenoxy) is 4. The zero-order chi connectivity index (χ0) is 20.8. The van der Waals surface area contributed by atoms with Crippen LogP contribution in [0.2, 0.25) is 0 Å². The molecule has 2 atom stereocenters. The molecule has 0 aliphatic heterocycles. The highest BCUT2D eigenvalue weighted by Crippen LogP contribution is 2.32. The van der Waals surface area contributed by atoms with Crippen molar-refractivity contribution in [2.45, 2.75) is 45.8 Å². The molecule has 0 aliphatic rings. The smallest absolute Gasteiger partial charge is 0.146 e. The lowest BCUT2D eigenvalue weighted by molar-refractivity contribution is -0.116. The van der Waals surface area contributed by atoms with Crippen LogP contribution in [0.3, 0.4) is 0 Å². The van der Waals surface area contributed by atoms with Crippen LogP contribution in [0.15, 0.2) is 48.6 Å². The van der Waals surface area contributed by atoms with Gasteiger partial charge in [-0.2, -0.15) is 0 Å². The molecule has 0 fully saturated rings. The van der Waals surface area contributed by atoms with Crippen LogP contribution in [0.4, 0.5) is 0 Å². The Kier molecular flexibility index (Phi) is 11.4. The van der Waals surface area contributed by atoms with Crippen molar-refractivity contribution in [1.82, 2.24) is 0 Å². The van der Waals surface area contributed by atoms with Crippen molar-refractivity contribution in [1.29, 1.82) is 0 Å². The Morgan fingerprint density at radius 2 is 1.96 bits per heavy atom. The maximum Gasteiger partial charge on any atom is 0.146 e. The van der Waals surface area contributed by atoms with Crippen LogP contribution < -0.4 is 4.74 Å². The molecule has 0 saturated heterocycles. The molecule has 0 radical (unpaired) electrons. The number of carbonyl (C=O) groups excluding carboxylic acids is 1. The first kappa shape index (κ1) is 24.1. The van der Waals surface area contributed by atoms with Gasteiger partial charge in [0.2, 0.25) is 0 Å². The van der Waals surface area contributed by atoms with E-state index in [2.05, 4.69) is 19.6 Å². The fraction of sp³-hybridized carbons (Fsp3) is 0.522. The second-order valence-corrected chi connectivity index (χ2v) is 7.29. The quantitative estimate of drug-likeness (QED) is 0.188. The van der Waals surface area contributed by atoms with E-state index in [1.165, 1.54) is 0 Å². The van der Waals surface area contributed by atoms with E-state index in [0.29, 0.717) is 26.1 Å². The monoisotopic (exact) mass is 390 g/mol. The molecule has 5 heteroatoms. The molecule has 5 nitrogen and oxygen atoms in total. The first-order chi connectivity index (χ1) is 13.4. The minimum Gasteiger partial charge on any atom is -0.497 e. The summed E-state index contributed by atoms with van der Waals surface area (Å²) in [6.07, 6.45) is 6.69. The predicted molar refractivity (Wildman–Crippen MR) is 111 cm³/mol. The van der Waals surface area contributed by atoms with Crippen molar-refractivity contribution in [3.05, 3.63) is 54.1 Å². The van der Waals surface area contributed by atoms with Crippen LogP contribution >= 0.6 is 0 Å². The summed E-state index contributed by atoms with van der Waals surface area (Å²) in [4.78, 5) is 11.0. The molecule has 28 heavy (non-hydrogen) atoms. The number of hydrogen-bond donors (Lipinski definition) is 0. The van der Waals surface area contributed by atoms with Gasteiger partial charge in [-0.15, -0.1) is 0 Å². The summed E-state index contributed by atoms with van der Waals surface area (Å²) in [5.41, 5.74) is 1.90. The van der Waals surface area contributed by atoms with Crippen LogP contribution in [0.5, 0.6) is 5.75 Å². The minimum atomic E-state index is -0.196. The molecule has 1 rings (SSSR count). The molecule has 0 bridgehead atoms. The fourth-order valence-electron chi connectivity index (χ4n) is 2.82. The van der Waals surface area contributed by atoms with Crippen molar-refractivity contribution in [3.63, 3.8) is 0 Å². The molecule has 1 aromatic carbocycles. The van der Waals surface area contributed by atoms with Crippen molar-refractivity contribution in [3.8, 4) is 5.75 Å². The molecule has 156 valence electrons. The number of carbonyl (C=O) groups is 1. The molecule has 0 spiro atoms. The zero-order valence-corrected chi connectivity index (χ0v) is 17.6. The van der Waals surface area contributed by atoms with E-state index in [4.69, 9.17) is 18.9 Å². The molecule has 0 saturated carbocycles. The van der Waals surface area contributed by atoms with E-state index >= 15 is 0 Å². The van der Waals surface area contributed by atoms with Crippen molar-refractivity contribution in [2.75, 3.05) is 27.6 Å². The maximum absolute atomic E-state index is 11.0. The predicted octanol–water partition coefficient (Wildman–Crippen LogP) is 4.71. The van der Waals surface area contributed by atoms with E-state index in [-0.39, 0.29) is 18.3 Å². The van der Waals surface area contributed by atoms with Gasteiger partial charge in [-0.3, -0.25) is 0 Å². The Hall–Kier alpha value is -1.95. The SMILES string of the molecule is C=C(C)/C=C/[C@](C)(CCOCc1ccc(OC)cc1)C[C@@H](CC=O)OCOC. The van der Waals surface area contributed by atoms with Crippen molar-refractivity contribution in [2.24, 2.45) is 5.41 Å². The third-order valence-electron chi connectivity index (χ3n) is 4.49. The Morgan fingerprint density at radius 3 is 2.54 bits per heavy atom. The van der Waals surface area contributed by atoms with Crippen molar-refractivity contribution >= 4 is 6.29 Å². The number of benzene rings is 1. The van der Waals surface area contributed by atoms with Gasteiger partial charge in [0.15, 0.2) is 0 Å². The van der Waals surface area contributed by atoms with E-state index in [1.807, 2.05) is 37.3 Å². The average Bonchev–Trinajstić information content (AvgIpc) is 2.69. The molecular formula is C23H34O5. The first-order valence-electron chi connectivity index (χ1n) is 9.52. The average molecular weight is 391 g/mol. The number of methoxy groups -OCH3 is 2. The van der Waals surface area contributed by atoms with Gasteiger partial charge < -0.3 is 23.7 Å². The second kappa shape index (κ2) is 13.3. The molecule has 0 aromatic heterocycles. The summed E-state index contributed by atoms with van der Waals surface area (Å²) in [6, 6.07) is 7.85. The topological polar surface area (TPSA) is 54.0 Å². The summed E-state index contributed by atoms with van der Waals surface area (Å²) in [5, 5.41) is 0. The number of rotatable bonds is 15. The van der Waals surface area contributed by atoms with E-state index < -0.39 is 0 Å². The summed E-state index contributed by atoms with van der Waals surface area (Å²) in [5.74, 6) is 0.832. The summed E-state index contributed by atoms with van der Waals surface area (Å²) in [6.45, 7) is 9.36. The highest BCUT2D eigenvalue weighted by Gasteiger charge is 2.26. The molecule has 0 N–H and O–H groups in total.